The van der Waals surface area contributed by atoms with Crippen molar-refractivity contribution >= 4 is 26.9 Å². The lowest BCUT2D eigenvalue weighted by Crippen LogP contribution is -1.95. The fourth-order valence-electron chi connectivity index (χ4n) is 1.19. The average molecular weight is 255 g/mol. The van der Waals surface area contributed by atoms with Crippen molar-refractivity contribution in [2.24, 2.45) is 0 Å². The van der Waals surface area contributed by atoms with Crippen LogP contribution in [0.2, 0.25) is 0 Å². The fourth-order valence-corrected chi connectivity index (χ4v) is 1.46. The lowest BCUT2D eigenvalue weighted by molar-refractivity contribution is 0.397. The molecule has 0 spiro atoms. The first-order valence-corrected chi connectivity index (χ1v) is 5.14. The molecule has 0 unspecified atom stereocenters. The van der Waals surface area contributed by atoms with E-state index in [1.54, 1.807) is 12.1 Å². The number of alkyl halides is 1. The van der Waals surface area contributed by atoms with Crippen LogP contribution in [0.3, 0.4) is 0 Å². The number of hydrogen-bond donors (Lipinski definition) is 0. The second-order valence-corrected chi connectivity index (χ2v) is 3.17. The highest BCUT2D eigenvalue weighted by Gasteiger charge is 1.99. The molecule has 0 amide bonds. The molecule has 0 N–H and O–H groups in total. The maximum atomic E-state index is 10.9. The van der Waals surface area contributed by atoms with Crippen molar-refractivity contribution in [3.05, 3.63) is 40.8 Å². The number of ether oxygens (including phenoxy) is 1. The molecule has 0 aliphatic heterocycles. The van der Waals surface area contributed by atoms with Crippen LogP contribution in [0.15, 0.2) is 39.5 Å². The molecule has 1 aromatic carbocycles. The quantitative estimate of drug-likeness (QED) is 0.611. The van der Waals surface area contributed by atoms with Gasteiger partial charge in [0.2, 0.25) is 0 Å². The van der Waals surface area contributed by atoms with Gasteiger partial charge in [0.15, 0.2) is 0 Å². The van der Waals surface area contributed by atoms with E-state index in [9.17, 15) is 4.79 Å². The average Bonchev–Trinajstić information content (AvgIpc) is 2.17. The van der Waals surface area contributed by atoms with E-state index in [4.69, 9.17) is 9.15 Å². The van der Waals surface area contributed by atoms with E-state index in [0.29, 0.717) is 16.8 Å². The number of hydrogen-bond acceptors (Lipinski definition) is 3. The Bertz CT molecular complexity index is 504. The molecule has 0 bridgehead atoms. The lowest BCUT2D eigenvalue weighted by atomic mass is 10.2. The van der Waals surface area contributed by atoms with Gasteiger partial charge in [-0.25, -0.2) is 4.79 Å². The molecule has 0 atom stereocenters. The van der Waals surface area contributed by atoms with Crippen LogP contribution in [0, 0.1) is 0 Å². The molecule has 2 rings (SSSR count). The van der Waals surface area contributed by atoms with E-state index in [0.717, 1.165) is 5.39 Å². The van der Waals surface area contributed by atoms with Crippen molar-refractivity contribution in [3.63, 3.8) is 0 Å². The summed E-state index contributed by atoms with van der Waals surface area (Å²) in [5.41, 5.74) is 0.597. The smallest absolute Gasteiger partial charge is 0.336 e. The van der Waals surface area contributed by atoms with Gasteiger partial charge in [0.25, 0.3) is 0 Å². The number of halogens is 1. The van der Waals surface area contributed by atoms with Crippen molar-refractivity contribution in [2.45, 2.75) is 0 Å². The Morgan fingerprint density at radius 1 is 1.29 bits per heavy atom. The van der Waals surface area contributed by atoms with Crippen LogP contribution >= 0.6 is 15.9 Å². The Balaban J connectivity index is 2.58. The molecule has 3 nitrogen and oxygen atoms in total. The predicted molar refractivity (Wildman–Crippen MR) is 56.9 cm³/mol. The summed E-state index contributed by atoms with van der Waals surface area (Å²) in [6, 6.07) is 8.48. The van der Waals surface area contributed by atoms with E-state index in [1.165, 1.54) is 6.07 Å². The Morgan fingerprint density at radius 3 is 2.86 bits per heavy atom. The Kier molecular flexibility index (Phi) is 2.54. The van der Waals surface area contributed by atoms with E-state index in [-0.39, 0.29) is 5.63 Å². The van der Waals surface area contributed by atoms with Crippen LogP contribution in [-0.4, -0.2) is 5.52 Å². The Hall–Kier alpha value is -1.29. The van der Waals surface area contributed by atoms with Gasteiger partial charge in [0, 0.05) is 17.5 Å². The Labute approximate surface area is 88.4 Å². The highest BCUT2D eigenvalue weighted by molar-refractivity contribution is 9.09. The normalized spacial score (nSPS) is 10.4. The second kappa shape index (κ2) is 3.84. The number of benzene rings is 1. The van der Waals surface area contributed by atoms with Gasteiger partial charge < -0.3 is 9.15 Å². The van der Waals surface area contributed by atoms with Gasteiger partial charge in [0.1, 0.15) is 16.8 Å². The number of fused-ring (bicyclic) bond motifs is 1. The molecule has 4 heteroatoms. The van der Waals surface area contributed by atoms with Crippen LogP contribution in [-0.2, 0) is 0 Å². The van der Waals surface area contributed by atoms with Gasteiger partial charge in [-0.2, -0.15) is 0 Å². The first-order valence-electron chi connectivity index (χ1n) is 4.02. The van der Waals surface area contributed by atoms with Crippen LogP contribution in [0.1, 0.15) is 0 Å². The minimum atomic E-state index is -0.353. The standard InChI is InChI=1S/C10H7BrO3/c11-6-13-8-3-1-7-2-4-10(12)14-9(7)5-8/h1-5H,6H2. The molecule has 0 aliphatic rings. The highest BCUT2D eigenvalue weighted by atomic mass is 79.9. The first-order chi connectivity index (χ1) is 6.79. The fraction of sp³-hybridized carbons (Fsp3) is 0.100. The van der Waals surface area contributed by atoms with Crippen molar-refractivity contribution in [1.29, 1.82) is 0 Å². The zero-order valence-electron chi connectivity index (χ0n) is 7.20. The molecule has 1 aromatic heterocycles. The summed E-state index contributed by atoms with van der Waals surface area (Å²) in [7, 11) is 0. The third kappa shape index (κ3) is 1.80. The second-order valence-electron chi connectivity index (χ2n) is 2.71. The summed E-state index contributed by atoms with van der Waals surface area (Å²) in [6.45, 7) is 0. The minimum absolute atomic E-state index is 0.353. The van der Waals surface area contributed by atoms with E-state index in [1.807, 2.05) is 12.1 Å². The van der Waals surface area contributed by atoms with Gasteiger partial charge in [-0.05, 0) is 34.1 Å². The minimum Gasteiger partial charge on any atom is -0.482 e. The molecule has 0 radical (unpaired) electrons. The first kappa shape index (κ1) is 9.27. The maximum Gasteiger partial charge on any atom is 0.336 e. The van der Waals surface area contributed by atoms with Gasteiger partial charge in [-0.1, -0.05) is 0 Å². The lowest BCUT2D eigenvalue weighted by Gasteiger charge is -2.02. The summed E-state index contributed by atoms with van der Waals surface area (Å²) >= 11 is 3.15. The zero-order valence-corrected chi connectivity index (χ0v) is 8.78. The van der Waals surface area contributed by atoms with Crippen LogP contribution in [0.25, 0.3) is 11.0 Å². The summed E-state index contributed by atoms with van der Waals surface area (Å²) in [5, 5.41) is 0.881. The van der Waals surface area contributed by atoms with E-state index in [2.05, 4.69) is 15.9 Å². The van der Waals surface area contributed by atoms with Crippen LogP contribution in [0.4, 0.5) is 0 Å². The molecule has 0 aliphatic carbocycles. The van der Waals surface area contributed by atoms with Crippen molar-refractivity contribution < 1.29 is 9.15 Å². The molecule has 14 heavy (non-hydrogen) atoms. The van der Waals surface area contributed by atoms with Crippen molar-refractivity contribution in [3.8, 4) is 5.75 Å². The topological polar surface area (TPSA) is 39.4 Å². The molecule has 0 saturated heterocycles. The SMILES string of the molecule is O=c1ccc2ccc(OCBr)cc2o1. The summed E-state index contributed by atoms with van der Waals surface area (Å²) in [5.74, 6) is 0.670. The summed E-state index contributed by atoms with van der Waals surface area (Å²) in [4.78, 5) is 10.9. The van der Waals surface area contributed by atoms with Crippen molar-refractivity contribution in [2.75, 3.05) is 5.52 Å². The van der Waals surface area contributed by atoms with Gasteiger partial charge in [-0.3, -0.25) is 0 Å². The van der Waals surface area contributed by atoms with Gasteiger partial charge in [-0.15, -0.1) is 0 Å². The van der Waals surface area contributed by atoms with E-state index >= 15 is 0 Å². The third-order valence-electron chi connectivity index (χ3n) is 1.82. The molecular formula is C10H7BrO3. The highest BCUT2D eigenvalue weighted by Crippen LogP contribution is 2.19. The van der Waals surface area contributed by atoms with Crippen LogP contribution in [0.5, 0.6) is 5.75 Å². The molecule has 72 valence electrons. The van der Waals surface area contributed by atoms with Crippen molar-refractivity contribution in [1.82, 2.24) is 0 Å². The van der Waals surface area contributed by atoms with Gasteiger partial charge in [0.05, 0.1) is 0 Å². The molecule has 0 fully saturated rings. The monoisotopic (exact) mass is 254 g/mol. The molecular weight excluding hydrogens is 248 g/mol. The molecule has 1 heterocycles. The summed E-state index contributed by atoms with van der Waals surface area (Å²) < 4.78 is 10.2. The van der Waals surface area contributed by atoms with Gasteiger partial charge >= 0.3 is 5.63 Å². The Morgan fingerprint density at radius 2 is 2.07 bits per heavy atom. The predicted octanol–water partition coefficient (Wildman–Crippen LogP) is 2.52. The molecule has 2 aromatic rings. The number of rotatable bonds is 2. The maximum absolute atomic E-state index is 10.9. The van der Waals surface area contributed by atoms with E-state index < -0.39 is 0 Å². The zero-order chi connectivity index (χ0) is 9.97. The van der Waals surface area contributed by atoms with Crippen LogP contribution < -0.4 is 10.4 Å². The third-order valence-corrected chi connectivity index (χ3v) is 2.04. The largest absolute Gasteiger partial charge is 0.482 e. The summed E-state index contributed by atoms with van der Waals surface area (Å²) in [6.07, 6.45) is 0. The molecule has 0 saturated carbocycles.